The number of ether oxygens (including phenoxy) is 1. The van der Waals surface area contributed by atoms with Gasteiger partial charge in [-0.15, -0.1) is 0 Å². The van der Waals surface area contributed by atoms with Gasteiger partial charge in [0.25, 0.3) is 0 Å². The van der Waals surface area contributed by atoms with Crippen LogP contribution in [0.3, 0.4) is 0 Å². The molecular formula is C12H15N3O4S. The predicted molar refractivity (Wildman–Crippen MR) is 73.2 cm³/mol. The summed E-state index contributed by atoms with van der Waals surface area (Å²) in [5, 5.41) is 8.95. The fourth-order valence-electron chi connectivity index (χ4n) is 1.38. The van der Waals surface area contributed by atoms with E-state index in [9.17, 15) is 13.2 Å². The lowest BCUT2D eigenvalue weighted by atomic mass is 10.2. The summed E-state index contributed by atoms with van der Waals surface area (Å²) < 4.78 is 31.3. The van der Waals surface area contributed by atoms with Crippen molar-refractivity contribution in [2.75, 3.05) is 11.4 Å². The minimum absolute atomic E-state index is 0.167. The van der Waals surface area contributed by atoms with E-state index < -0.39 is 22.4 Å². The molecule has 0 radical (unpaired) electrons. The van der Waals surface area contributed by atoms with Gasteiger partial charge in [0.2, 0.25) is 0 Å². The Labute approximate surface area is 117 Å². The molecule has 0 aliphatic heterocycles. The summed E-state index contributed by atoms with van der Waals surface area (Å²) in [6.45, 7) is 3.20. The molecule has 108 valence electrons. The van der Waals surface area contributed by atoms with E-state index in [2.05, 4.69) is 0 Å². The minimum atomic E-state index is -4.13. The number of benzene rings is 1. The average Bonchev–Trinajstić information content (AvgIpc) is 2.36. The Bertz CT molecular complexity index is 634. The average molecular weight is 297 g/mol. The molecule has 0 aromatic heterocycles. The van der Waals surface area contributed by atoms with Gasteiger partial charge >= 0.3 is 16.3 Å². The summed E-state index contributed by atoms with van der Waals surface area (Å²) in [5.41, 5.74) is 0.345. The predicted octanol–water partition coefficient (Wildman–Crippen LogP) is 1.37. The lowest BCUT2D eigenvalue weighted by molar-refractivity contribution is 0.121. The zero-order valence-corrected chi connectivity index (χ0v) is 12.1. The van der Waals surface area contributed by atoms with Crippen molar-refractivity contribution in [1.29, 1.82) is 5.26 Å². The maximum absolute atomic E-state index is 12.0. The fourth-order valence-corrected chi connectivity index (χ4v) is 2.20. The molecule has 0 heterocycles. The first-order chi connectivity index (χ1) is 9.27. The van der Waals surface area contributed by atoms with Crippen molar-refractivity contribution in [3.05, 3.63) is 29.8 Å². The molecule has 0 spiro atoms. The SMILES string of the molecule is CC(C)OC(=O)NS(=O)(=O)N(C)c1ccccc1C#N. The van der Waals surface area contributed by atoms with Crippen LogP contribution >= 0.6 is 0 Å². The fraction of sp³-hybridized carbons (Fsp3) is 0.333. The number of para-hydroxylation sites is 1. The molecule has 0 bridgehead atoms. The minimum Gasteiger partial charge on any atom is -0.446 e. The number of carbonyl (C=O) groups is 1. The quantitative estimate of drug-likeness (QED) is 0.904. The van der Waals surface area contributed by atoms with Crippen LogP contribution in [0.1, 0.15) is 19.4 Å². The molecule has 1 aromatic carbocycles. The van der Waals surface area contributed by atoms with Gasteiger partial charge < -0.3 is 4.74 Å². The van der Waals surface area contributed by atoms with Crippen molar-refractivity contribution < 1.29 is 17.9 Å². The number of rotatable bonds is 4. The lowest BCUT2D eigenvalue weighted by Gasteiger charge is -2.20. The molecule has 1 amide bonds. The maximum Gasteiger partial charge on any atom is 0.422 e. The first-order valence-electron chi connectivity index (χ1n) is 5.74. The molecule has 0 aliphatic rings. The van der Waals surface area contributed by atoms with Gasteiger partial charge in [-0.2, -0.15) is 13.7 Å². The van der Waals surface area contributed by atoms with Crippen molar-refractivity contribution in [1.82, 2.24) is 4.72 Å². The third kappa shape index (κ3) is 3.86. The van der Waals surface area contributed by atoms with Crippen LogP contribution in [0.5, 0.6) is 0 Å². The topological polar surface area (TPSA) is 99.5 Å². The van der Waals surface area contributed by atoms with Gasteiger partial charge in [-0.1, -0.05) is 12.1 Å². The smallest absolute Gasteiger partial charge is 0.422 e. The summed E-state index contributed by atoms with van der Waals surface area (Å²) in [7, 11) is -2.90. The zero-order chi connectivity index (χ0) is 15.3. The first kappa shape index (κ1) is 15.8. The van der Waals surface area contributed by atoms with Gasteiger partial charge in [-0.05, 0) is 26.0 Å². The van der Waals surface area contributed by atoms with Gasteiger partial charge in [0.05, 0.1) is 17.4 Å². The van der Waals surface area contributed by atoms with E-state index in [1.54, 1.807) is 30.7 Å². The number of anilines is 1. The summed E-state index contributed by atoms with van der Waals surface area (Å²) in [4.78, 5) is 11.4. The van der Waals surface area contributed by atoms with E-state index in [-0.39, 0.29) is 11.3 Å². The highest BCUT2D eigenvalue weighted by Gasteiger charge is 2.24. The highest BCUT2D eigenvalue weighted by Crippen LogP contribution is 2.20. The standard InChI is InChI=1S/C12H15N3O4S/c1-9(2)19-12(16)14-20(17,18)15(3)11-7-5-4-6-10(11)8-13/h4-7,9H,1-3H3,(H,14,16). The van der Waals surface area contributed by atoms with Crippen molar-refractivity contribution in [2.24, 2.45) is 0 Å². The Morgan fingerprint density at radius 1 is 1.40 bits per heavy atom. The van der Waals surface area contributed by atoms with Crippen LogP contribution in [0.25, 0.3) is 0 Å². The van der Waals surface area contributed by atoms with Crippen molar-refractivity contribution in [3.63, 3.8) is 0 Å². The summed E-state index contributed by atoms with van der Waals surface area (Å²) in [6, 6.07) is 8.03. The largest absolute Gasteiger partial charge is 0.446 e. The molecule has 20 heavy (non-hydrogen) atoms. The van der Waals surface area contributed by atoms with Gasteiger partial charge in [-0.25, -0.2) is 9.52 Å². The molecule has 1 N–H and O–H groups in total. The molecular weight excluding hydrogens is 282 g/mol. The normalized spacial score (nSPS) is 10.8. The molecule has 7 nitrogen and oxygen atoms in total. The molecule has 1 aromatic rings. The van der Waals surface area contributed by atoms with E-state index in [4.69, 9.17) is 10.00 Å². The third-order valence-corrected chi connectivity index (χ3v) is 3.62. The third-order valence-electron chi connectivity index (χ3n) is 2.28. The summed E-state index contributed by atoms with van der Waals surface area (Å²) in [6.07, 6.45) is -1.51. The second kappa shape index (κ2) is 6.25. The van der Waals surface area contributed by atoms with Crippen molar-refractivity contribution >= 4 is 22.0 Å². The first-order valence-corrected chi connectivity index (χ1v) is 7.18. The lowest BCUT2D eigenvalue weighted by Crippen LogP contribution is -2.42. The van der Waals surface area contributed by atoms with E-state index in [0.29, 0.717) is 0 Å². The number of nitrogens with one attached hydrogen (secondary N) is 1. The van der Waals surface area contributed by atoms with E-state index >= 15 is 0 Å². The Balaban J connectivity index is 2.98. The number of nitrogens with zero attached hydrogens (tertiary/aromatic N) is 2. The molecule has 0 fully saturated rings. The van der Waals surface area contributed by atoms with Crippen molar-refractivity contribution in [3.8, 4) is 6.07 Å². The maximum atomic E-state index is 12.0. The molecule has 8 heteroatoms. The van der Waals surface area contributed by atoms with Crippen LogP contribution in [-0.4, -0.2) is 27.7 Å². The van der Waals surface area contributed by atoms with Crippen LogP contribution in [0.4, 0.5) is 10.5 Å². The van der Waals surface area contributed by atoms with Gasteiger partial charge in [0.15, 0.2) is 0 Å². The number of carbonyl (C=O) groups excluding carboxylic acids is 1. The Hall–Kier alpha value is -2.27. The van der Waals surface area contributed by atoms with Gasteiger partial charge in [0, 0.05) is 7.05 Å². The Morgan fingerprint density at radius 2 is 2.00 bits per heavy atom. The Morgan fingerprint density at radius 3 is 2.55 bits per heavy atom. The summed E-state index contributed by atoms with van der Waals surface area (Å²) in [5.74, 6) is 0. The molecule has 0 saturated heterocycles. The van der Waals surface area contributed by atoms with Gasteiger partial charge in [-0.3, -0.25) is 4.31 Å². The number of hydrogen-bond donors (Lipinski definition) is 1. The summed E-state index contributed by atoms with van der Waals surface area (Å²) >= 11 is 0. The molecule has 0 saturated carbocycles. The molecule has 0 aliphatic carbocycles. The molecule has 0 unspecified atom stereocenters. The van der Waals surface area contributed by atoms with Crippen LogP contribution < -0.4 is 9.03 Å². The highest BCUT2D eigenvalue weighted by molar-refractivity contribution is 7.91. The van der Waals surface area contributed by atoms with E-state index in [1.165, 1.54) is 19.2 Å². The van der Waals surface area contributed by atoms with Gasteiger partial charge in [0.1, 0.15) is 6.07 Å². The van der Waals surface area contributed by atoms with Crippen LogP contribution in [0.15, 0.2) is 24.3 Å². The van der Waals surface area contributed by atoms with E-state index in [1.807, 2.05) is 6.07 Å². The van der Waals surface area contributed by atoms with Crippen LogP contribution in [0, 0.1) is 11.3 Å². The number of amides is 1. The van der Waals surface area contributed by atoms with Crippen LogP contribution in [-0.2, 0) is 14.9 Å². The number of hydrogen-bond acceptors (Lipinski definition) is 5. The second-order valence-electron chi connectivity index (χ2n) is 4.16. The zero-order valence-electron chi connectivity index (χ0n) is 11.3. The molecule has 0 atom stereocenters. The van der Waals surface area contributed by atoms with Crippen LogP contribution in [0.2, 0.25) is 0 Å². The Kier molecular flexibility index (Phi) is 4.94. The number of nitriles is 1. The van der Waals surface area contributed by atoms with Crippen molar-refractivity contribution in [2.45, 2.75) is 20.0 Å². The van der Waals surface area contributed by atoms with E-state index in [0.717, 1.165) is 4.31 Å². The highest BCUT2D eigenvalue weighted by atomic mass is 32.2. The monoisotopic (exact) mass is 297 g/mol. The molecule has 1 rings (SSSR count). The second-order valence-corrected chi connectivity index (χ2v) is 5.86.